The van der Waals surface area contributed by atoms with Gasteiger partial charge in [-0.3, -0.25) is 5.10 Å². The molecule has 2 aromatic rings. The minimum Gasteiger partial charge on any atom is -0.303 e. The first-order valence-electron chi connectivity index (χ1n) is 5.21. The molecule has 0 bridgehead atoms. The van der Waals surface area contributed by atoms with Crippen LogP contribution in [0.4, 0.5) is 0 Å². The maximum Gasteiger partial charge on any atom is 0.145 e. The smallest absolute Gasteiger partial charge is 0.145 e. The lowest BCUT2D eigenvalue weighted by Gasteiger charge is -2.25. The van der Waals surface area contributed by atoms with Crippen molar-refractivity contribution >= 4 is 15.9 Å². The molecule has 0 spiro atoms. The molecule has 1 atom stereocenters. The molecule has 2 heterocycles. The molecule has 1 aliphatic rings. The molecule has 0 aliphatic carbocycles. The summed E-state index contributed by atoms with van der Waals surface area (Å²) in [6.07, 6.45) is 2.60. The van der Waals surface area contributed by atoms with Crippen LogP contribution in [0.5, 0.6) is 0 Å². The zero-order chi connectivity index (χ0) is 11.0. The Morgan fingerprint density at radius 1 is 1.38 bits per heavy atom. The fraction of sp³-hybridized carbons (Fsp3) is 0.273. The lowest BCUT2D eigenvalue weighted by molar-refractivity contribution is 0.545. The molecule has 1 aliphatic heterocycles. The molecule has 5 heteroatoms. The summed E-state index contributed by atoms with van der Waals surface area (Å²) in [4.78, 5) is 4.22. The molecule has 1 aromatic carbocycles. The Balaban J connectivity index is 2.06. The van der Waals surface area contributed by atoms with Crippen molar-refractivity contribution in [3.05, 3.63) is 46.0 Å². The van der Waals surface area contributed by atoms with Crippen LogP contribution in [0.2, 0.25) is 0 Å². The molecule has 0 saturated carbocycles. The second kappa shape index (κ2) is 3.99. The first-order valence-corrected chi connectivity index (χ1v) is 6.01. The number of fused-ring (bicyclic) bond motifs is 1. The van der Waals surface area contributed by atoms with E-state index in [1.54, 1.807) is 6.33 Å². The molecule has 0 amide bonds. The third kappa shape index (κ3) is 1.66. The van der Waals surface area contributed by atoms with Gasteiger partial charge in [0.05, 0.1) is 6.04 Å². The summed E-state index contributed by atoms with van der Waals surface area (Å²) in [6, 6.07) is 6.52. The fourth-order valence-corrected chi connectivity index (χ4v) is 2.54. The van der Waals surface area contributed by atoms with Crippen molar-refractivity contribution in [1.82, 2.24) is 20.5 Å². The highest BCUT2D eigenvalue weighted by atomic mass is 79.9. The van der Waals surface area contributed by atoms with Crippen LogP contribution >= 0.6 is 15.9 Å². The van der Waals surface area contributed by atoms with Crippen molar-refractivity contribution in [2.45, 2.75) is 12.5 Å². The molecule has 0 radical (unpaired) electrons. The fourth-order valence-electron chi connectivity index (χ4n) is 2.13. The van der Waals surface area contributed by atoms with Gasteiger partial charge in [-0.05, 0) is 29.7 Å². The molecule has 3 rings (SSSR count). The number of hydrogen-bond acceptors (Lipinski definition) is 3. The van der Waals surface area contributed by atoms with Gasteiger partial charge in [-0.25, -0.2) is 4.98 Å². The number of nitrogens with one attached hydrogen (secondary N) is 2. The van der Waals surface area contributed by atoms with Gasteiger partial charge in [0.2, 0.25) is 0 Å². The van der Waals surface area contributed by atoms with Crippen LogP contribution in [-0.4, -0.2) is 21.7 Å². The standard InChI is InChI=1S/C11H11BrN4/c12-8-1-2-9-7(5-8)3-4-13-10(9)11-14-6-15-16-11/h1-2,5-6,10,13H,3-4H2,(H,14,15,16). The molecule has 16 heavy (non-hydrogen) atoms. The second-order valence-electron chi connectivity index (χ2n) is 3.85. The van der Waals surface area contributed by atoms with E-state index in [0.717, 1.165) is 23.3 Å². The van der Waals surface area contributed by atoms with Crippen LogP contribution < -0.4 is 5.32 Å². The van der Waals surface area contributed by atoms with Crippen LogP contribution in [0.25, 0.3) is 0 Å². The minimum atomic E-state index is 0.138. The Morgan fingerprint density at radius 3 is 3.12 bits per heavy atom. The zero-order valence-corrected chi connectivity index (χ0v) is 10.2. The summed E-state index contributed by atoms with van der Waals surface area (Å²) in [6.45, 7) is 0.967. The number of nitrogens with zero attached hydrogens (tertiary/aromatic N) is 2. The number of halogens is 1. The Hall–Kier alpha value is -1.20. The monoisotopic (exact) mass is 278 g/mol. The maximum absolute atomic E-state index is 4.22. The Bertz CT molecular complexity index is 495. The molecule has 82 valence electrons. The van der Waals surface area contributed by atoms with Gasteiger partial charge in [-0.2, -0.15) is 5.10 Å². The normalized spacial score (nSPS) is 19.4. The van der Waals surface area contributed by atoms with Crippen LogP contribution in [0, 0.1) is 0 Å². The summed E-state index contributed by atoms with van der Waals surface area (Å²) in [5.74, 6) is 0.878. The van der Waals surface area contributed by atoms with E-state index in [1.807, 2.05) is 0 Å². The number of benzene rings is 1. The molecule has 1 unspecified atom stereocenters. The van der Waals surface area contributed by atoms with E-state index in [9.17, 15) is 0 Å². The van der Waals surface area contributed by atoms with E-state index in [2.05, 4.69) is 54.6 Å². The summed E-state index contributed by atoms with van der Waals surface area (Å²) < 4.78 is 1.13. The quantitative estimate of drug-likeness (QED) is 0.837. The van der Waals surface area contributed by atoms with Gasteiger partial charge in [0.1, 0.15) is 12.2 Å². The SMILES string of the molecule is Brc1ccc2c(c1)CCNC2c1ncn[nH]1. The van der Waals surface area contributed by atoms with Crippen molar-refractivity contribution < 1.29 is 0 Å². The average Bonchev–Trinajstić information content (AvgIpc) is 2.81. The third-order valence-corrected chi connectivity index (χ3v) is 3.36. The maximum atomic E-state index is 4.22. The number of H-pyrrole nitrogens is 1. The summed E-state index contributed by atoms with van der Waals surface area (Å²) >= 11 is 3.50. The lowest BCUT2D eigenvalue weighted by Crippen LogP contribution is -2.31. The topological polar surface area (TPSA) is 53.6 Å². The molecule has 4 nitrogen and oxygen atoms in total. The summed E-state index contributed by atoms with van der Waals surface area (Å²) in [5.41, 5.74) is 2.65. The van der Waals surface area contributed by atoms with Crippen LogP contribution in [0.15, 0.2) is 29.0 Å². The van der Waals surface area contributed by atoms with Crippen LogP contribution in [0.3, 0.4) is 0 Å². The van der Waals surface area contributed by atoms with E-state index < -0.39 is 0 Å². The first-order chi connectivity index (χ1) is 7.84. The number of rotatable bonds is 1. The van der Waals surface area contributed by atoms with Crippen molar-refractivity contribution in [2.75, 3.05) is 6.54 Å². The summed E-state index contributed by atoms with van der Waals surface area (Å²) in [7, 11) is 0. The van der Waals surface area contributed by atoms with Crippen LogP contribution in [0.1, 0.15) is 23.0 Å². The van der Waals surface area contributed by atoms with E-state index in [4.69, 9.17) is 0 Å². The lowest BCUT2D eigenvalue weighted by atomic mass is 9.94. The van der Waals surface area contributed by atoms with Crippen molar-refractivity contribution in [1.29, 1.82) is 0 Å². The highest BCUT2D eigenvalue weighted by molar-refractivity contribution is 9.10. The van der Waals surface area contributed by atoms with Gasteiger partial charge in [-0.15, -0.1) is 0 Å². The minimum absolute atomic E-state index is 0.138. The van der Waals surface area contributed by atoms with Gasteiger partial charge in [-0.1, -0.05) is 22.0 Å². The largest absolute Gasteiger partial charge is 0.303 e. The van der Waals surface area contributed by atoms with Gasteiger partial charge in [0, 0.05) is 11.0 Å². The number of aromatic nitrogens is 3. The van der Waals surface area contributed by atoms with Gasteiger partial charge < -0.3 is 5.32 Å². The zero-order valence-electron chi connectivity index (χ0n) is 8.57. The van der Waals surface area contributed by atoms with Crippen molar-refractivity contribution in [2.24, 2.45) is 0 Å². The van der Waals surface area contributed by atoms with Crippen LogP contribution in [-0.2, 0) is 6.42 Å². The average molecular weight is 279 g/mol. The molecule has 1 aromatic heterocycles. The number of hydrogen-bond donors (Lipinski definition) is 2. The number of aromatic amines is 1. The highest BCUT2D eigenvalue weighted by Gasteiger charge is 2.23. The molecule has 2 N–H and O–H groups in total. The van der Waals surface area contributed by atoms with Crippen molar-refractivity contribution in [3.63, 3.8) is 0 Å². The first kappa shape index (κ1) is 9.99. The Morgan fingerprint density at radius 2 is 2.31 bits per heavy atom. The van der Waals surface area contributed by atoms with E-state index in [0.29, 0.717) is 0 Å². The van der Waals surface area contributed by atoms with E-state index >= 15 is 0 Å². The molecular formula is C11H11BrN4. The molecular weight excluding hydrogens is 268 g/mol. The van der Waals surface area contributed by atoms with E-state index in [-0.39, 0.29) is 6.04 Å². The predicted molar refractivity (Wildman–Crippen MR) is 64.1 cm³/mol. The Labute approximate surface area is 102 Å². The molecule has 0 saturated heterocycles. The van der Waals surface area contributed by atoms with E-state index in [1.165, 1.54) is 11.1 Å². The third-order valence-electron chi connectivity index (χ3n) is 2.87. The molecule has 0 fully saturated rings. The summed E-state index contributed by atoms with van der Waals surface area (Å²) in [5, 5.41) is 10.3. The van der Waals surface area contributed by atoms with Gasteiger partial charge in [0.25, 0.3) is 0 Å². The highest BCUT2D eigenvalue weighted by Crippen LogP contribution is 2.28. The van der Waals surface area contributed by atoms with Gasteiger partial charge >= 0.3 is 0 Å². The predicted octanol–water partition coefficient (Wildman–Crippen LogP) is 1.80. The second-order valence-corrected chi connectivity index (χ2v) is 4.77. The Kier molecular flexibility index (Phi) is 2.49. The van der Waals surface area contributed by atoms with Gasteiger partial charge in [0.15, 0.2) is 0 Å². The van der Waals surface area contributed by atoms with Crippen molar-refractivity contribution in [3.8, 4) is 0 Å².